The summed E-state index contributed by atoms with van der Waals surface area (Å²) in [5.41, 5.74) is 0. The molecular weight excluding hydrogens is 157 g/mol. The zero-order valence-corrected chi connectivity index (χ0v) is 8.66. The Hall–Kier alpha value is -0.0600. The molecule has 0 radical (unpaired) electrons. The van der Waals surface area contributed by atoms with Gasteiger partial charge in [-0.15, -0.1) is 0 Å². The standard InChI is InChI=1S/C6H9NO3.Na/c1-7-3-4(6(9)10)2-5(7)8;/h4H,2-3H2,1H3,(H,9,10);/q;+1/p-1. The summed E-state index contributed by atoms with van der Waals surface area (Å²) in [6.45, 7) is 0.293. The van der Waals surface area contributed by atoms with Gasteiger partial charge < -0.3 is 14.8 Å². The summed E-state index contributed by atoms with van der Waals surface area (Å²) >= 11 is 0. The Labute approximate surface area is 86.8 Å². The van der Waals surface area contributed by atoms with Gasteiger partial charge in [-0.2, -0.15) is 0 Å². The first kappa shape index (κ1) is 10.9. The van der Waals surface area contributed by atoms with Crippen molar-refractivity contribution in [2.45, 2.75) is 6.42 Å². The number of carbonyl (C=O) groups is 2. The molecule has 1 aliphatic heterocycles. The van der Waals surface area contributed by atoms with E-state index in [0.717, 1.165) is 0 Å². The van der Waals surface area contributed by atoms with Gasteiger partial charge in [0.05, 0.1) is 0 Å². The van der Waals surface area contributed by atoms with E-state index in [-0.39, 0.29) is 41.9 Å². The van der Waals surface area contributed by atoms with E-state index in [1.165, 1.54) is 4.90 Å². The molecule has 1 unspecified atom stereocenters. The summed E-state index contributed by atoms with van der Waals surface area (Å²) in [5, 5.41) is 10.2. The molecule has 1 heterocycles. The van der Waals surface area contributed by atoms with Crippen LogP contribution in [0.15, 0.2) is 0 Å². The Balaban J connectivity index is 0.000001000. The summed E-state index contributed by atoms with van der Waals surface area (Å²) in [5.74, 6) is -1.84. The maximum atomic E-state index is 10.7. The molecule has 11 heavy (non-hydrogen) atoms. The Morgan fingerprint density at radius 3 is 2.45 bits per heavy atom. The molecule has 56 valence electrons. The van der Waals surface area contributed by atoms with Crippen LogP contribution < -0.4 is 34.7 Å². The van der Waals surface area contributed by atoms with Crippen molar-refractivity contribution in [2.24, 2.45) is 5.92 Å². The molecule has 0 aromatic carbocycles. The van der Waals surface area contributed by atoms with Crippen LogP contribution in [0.5, 0.6) is 0 Å². The number of likely N-dealkylation sites (tertiary alicyclic amines) is 1. The van der Waals surface area contributed by atoms with Gasteiger partial charge in [0, 0.05) is 31.9 Å². The molecule has 1 aliphatic rings. The Kier molecular flexibility index (Phi) is 4.07. The van der Waals surface area contributed by atoms with Gasteiger partial charge in [-0.1, -0.05) is 0 Å². The first-order valence-corrected chi connectivity index (χ1v) is 3.06. The summed E-state index contributed by atoms with van der Waals surface area (Å²) in [4.78, 5) is 22.3. The van der Waals surface area contributed by atoms with Crippen LogP contribution >= 0.6 is 0 Å². The van der Waals surface area contributed by atoms with Gasteiger partial charge in [0.15, 0.2) is 0 Å². The maximum absolute atomic E-state index is 10.7. The van der Waals surface area contributed by atoms with E-state index in [2.05, 4.69) is 0 Å². The molecule has 1 amide bonds. The van der Waals surface area contributed by atoms with Crippen LogP contribution in [0.3, 0.4) is 0 Å². The van der Waals surface area contributed by atoms with Gasteiger partial charge in [0.1, 0.15) is 0 Å². The van der Waals surface area contributed by atoms with E-state index in [4.69, 9.17) is 0 Å². The number of aliphatic carboxylic acids is 1. The van der Waals surface area contributed by atoms with Crippen LogP contribution in [0, 0.1) is 5.92 Å². The normalized spacial score (nSPS) is 23.2. The number of rotatable bonds is 1. The smallest absolute Gasteiger partial charge is 0.550 e. The number of amides is 1. The van der Waals surface area contributed by atoms with Crippen LogP contribution in [0.2, 0.25) is 0 Å². The third-order valence-corrected chi connectivity index (χ3v) is 1.67. The van der Waals surface area contributed by atoms with Crippen molar-refractivity contribution in [3.63, 3.8) is 0 Å². The molecule has 0 bridgehead atoms. The number of carboxylic acid groups (broad SMARTS) is 1. The van der Waals surface area contributed by atoms with E-state index in [1.54, 1.807) is 7.05 Å². The fraction of sp³-hybridized carbons (Fsp3) is 0.667. The van der Waals surface area contributed by atoms with Crippen LogP contribution in [0.4, 0.5) is 0 Å². The largest absolute Gasteiger partial charge is 1.00 e. The predicted molar refractivity (Wildman–Crippen MR) is 30.8 cm³/mol. The Morgan fingerprint density at radius 1 is 1.73 bits per heavy atom. The van der Waals surface area contributed by atoms with Gasteiger partial charge in [-0.3, -0.25) is 4.79 Å². The monoisotopic (exact) mass is 165 g/mol. The number of nitrogens with zero attached hydrogens (tertiary/aromatic N) is 1. The van der Waals surface area contributed by atoms with Crippen LogP contribution in [0.25, 0.3) is 0 Å². The topological polar surface area (TPSA) is 60.4 Å². The second-order valence-corrected chi connectivity index (χ2v) is 2.49. The van der Waals surface area contributed by atoms with Crippen molar-refractivity contribution in [3.05, 3.63) is 0 Å². The van der Waals surface area contributed by atoms with E-state index in [9.17, 15) is 14.7 Å². The first-order valence-electron chi connectivity index (χ1n) is 3.06. The Morgan fingerprint density at radius 2 is 2.27 bits per heavy atom. The van der Waals surface area contributed by atoms with Crippen LogP contribution in [-0.4, -0.2) is 30.4 Å². The molecule has 4 nitrogen and oxygen atoms in total. The number of carboxylic acids is 1. The third-order valence-electron chi connectivity index (χ3n) is 1.67. The van der Waals surface area contributed by atoms with Crippen molar-refractivity contribution in [3.8, 4) is 0 Å². The van der Waals surface area contributed by atoms with Gasteiger partial charge >= 0.3 is 29.6 Å². The molecular formula is C6H8NNaO3. The van der Waals surface area contributed by atoms with Crippen LogP contribution in [-0.2, 0) is 9.59 Å². The minimum Gasteiger partial charge on any atom is -0.550 e. The molecule has 0 spiro atoms. The maximum Gasteiger partial charge on any atom is 1.00 e. The van der Waals surface area contributed by atoms with Gasteiger partial charge in [0.25, 0.3) is 0 Å². The molecule has 1 fully saturated rings. The second kappa shape index (κ2) is 4.09. The molecule has 0 aliphatic carbocycles. The van der Waals surface area contributed by atoms with Gasteiger partial charge in [-0.25, -0.2) is 0 Å². The number of hydrogen-bond donors (Lipinski definition) is 0. The van der Waals surface area contributed by atoms with Crippen molar-refractivity contribution >= 4 is 11.9 Å². The summed E-state index contributed by atoms with van der Waals surface area (Å²) in [6, 6.07) is 0. The number of carbonyl (C=O) groups excluding carboxylic acids is 2. The Bertz CT molecular complexity index is 183. The SMILES string of the molecule is CN1CC(C(=O)[O-])CC1=O.[Na+]. The molecule has 0 saturated carbocycles. The van der Waals surface area contributed by atoms with Crippen molar-refractivity contribution in [1.29, 1.82) is 0 Å². The molecule has 1 atom stereocenters. The number of hydrogen-bond acceptors (Lipinski definition) is 3. The summed E-state index contributed by atoms with van der Waals surface area (Å²) in [6.07, 6.45) is 0.0961. The minimum atomic E-state index is -1.13. The third kappa shape index (κ3) is 2.47. The molecule has 0 aromatic rings. The van der Waals surface area contributed by atoms with Gasteiger partial charge in [-0.05, 0) is 0 Å². The van der Waals surface area contributed by atoms with Crippen molar-refractivity contribution in [2.75, 3.05) is 13.6 Å². The van der Waals surface area contributed by atoms with Crippen molar-refractivity contribution in [1.82, 2.24) is 4.90 Å². The van der Waals surface area contributed by atoms with Gasteiger partial charge in [0.2, 0.25) is 5.91 Å². The summed E-state index contributed by atoms with van der Waals surface area (Å²) < 4.78 is 0. The average molecular weight is 165 g/mol. The molecule has 1 rings (SSSR count). The van der Waals surface area contributed by atoms with Crippen LogP contribution in [0.1, 0.15) is 6.42 Å². The zero-order valence-electron chi connectivity index (χ0n) is 6.66. The fourth-order valence-electron chi connectivity index (χ4n) is 1.02. The molecule has 1 saturated heterocycles. The predicted octanol–water partition coefficient (Wildman–Crippen LogP) is -4.78. The molecule has 5 heteroatoms. The summed E-state index contributed by atoms with van der Waals surface area (Å²) in [7, 11) is 1.59. The average Bonchev–Trinajstić information content (AvgIpc) is 2.13. The minimum absolute atomic E-state index is 0. The molecule has 0 aromatic heterocycles. The molecule has 0 N–H and O–H groups in total. The van der Waals surface area contributed by atoms with E-state index < -0.39 is 11.9 Å². The first-order chi connectivity index (χ1) is 4.61. The quantitative estimate of drug-likeness (QED) is 0.366. The van der Waals surface area contributed by atoms with Crippen molar-refractivity contribution < 1.29 is 44.3 Å². The van der Waals surface area contributed by atoms with E-state index >= 15 is 0 Å². The fourth-order valence-corrected chi connectivity index (χ4v) is 1.02. The van der Waals surface area contributed by atoms with E-state index in [0.29, 0.717) is 6.54 Å². The zero-order chi connectivity index (χ0) is 7.72. The second-order valence-electron chi connectivity index (χ2n) is 2.49. The van der Waals surface area contributed by atoms with E-state index in [1.807, 2.05) is 0 Å².